The molecule has 152 valence electrons. The molecule has 2 aromatic rings. The van der Waals surface area contributed by atoms with Crippen LogP contribution in [-0.4, -0.2) is 67.3 Å². The maximum atomic E-state index is 13.3. The molecule has 3 heterocycles. The fraction of sp³-hybridized carbons (Fsp3) is 0.474. The Morgan fingerprint density at radius 3 is 2.75 bits per heavy atom. The summed E-state index contributed by atoms with van der Waals surface area (Å²) in [6.07, 6.45) is 5.80. The van der Waals surface area contributed by atoms with E-state index in [-0.39, 0.29) is 24.4 Å². The number of rotatable bonds is 3. The van der Waals surface area contributed by atoms with E-state index in [0.29, 0.717) is 42.9 Å². The van der Waals surface area contributed by atoms with E-state index in [1.54, 1.807) is 30.6 Å². The van der Waals surface area contributed by atoms with Gasteiger partial charge in [-0.2, -0.15) is 4.31 Å². The summed E-state index contributed by atoms with van der Waals surface area (Å²) in [7, 11) is -3.63. The molecule has 1 aromatic carbocycles. The van der Waals surface area contributed by atoms with E-state index in [9.17, 15) is 13.2 Å². The summed E-state index contributed by atoms with van der Waals surface area (Å²) < 4.78 is 28.1. The minimum Gasteiger partial charge on any atom is -0.340 e. The van der Waals surface area contributed by atoms with Gasteiger partial charge in [0.25, 0.3) is 0 Å². The minimum atomic E-state index is -3.63. The first kappa shape index (κ1) is 21.0. The number of hydrogen-bond acceptors (Lipinski definition) is 5. The monoisotopic (exact) mass is 424 g/mol. The molecule has 9 heteroatoms. The Balaban J connectivity index is 0.00000225. The first-order valence-corrected chi connectivity index (χ1v) is 10.9. The standard InChI is InChI=1S/C19H24N4O3S.ClH/c24-19(17-5-2-8-21-17)22-10-3-11-23(13-12-22)27(25,26)18-6-1-4-15-14-20-9-7-16(15)18;/h1,4,6-7,9,14,17,21H,2-3,5,8,10-13H2;1H. The van der Waals surface area contributed by atoms with Gasteiger partial charge in [-0.15, -0.1) is 12.4 Å². The number of carbonyl (C=O) groups is 1. The van der Waals surface area contributed by atoms with Crippen molar-refractivity contribution in [3.8, 4) is 0 Å². The van der Waals surface area contributed by atoms with E-state index in [1.807, 2.05) is 11.0 Å². The molecular weight excluding hydrogens is 400 g/mol. The third-order valence-corrected chi connectivity index (χ3v) is 7.34. The van der Waals surface area contributed by atoms with Crippen molar-refractivity contribution < 1.29 is 13.2 Å². The van der Waals surface area contributed by atoms with Crippen LogP contribution in [0, 0.1) is 0 Å². The summed E-state index contributed by atoms with van der Waals surface area (Å²) in [6.45, 7) is 2.65. The van der Waals surface area contributed by atoms with Crippen molar-refractivity contribution in [2.24, 2.45) is 0 Å². The smallest absolute Gasteiger partial charge is 0.243 e. The minimum absolute atomic E-state index is 0. The van der Waals surface area contributed by atoms with Crippen LogP contribution in [0.3, 0.4) is 0 Å². The largest absolute Gasteiger partial charge is 0.340 e. The number of amides is 1. The van der Waals surface area contributed by atoms with E-state index < -0.39 is 10.0 Å². The number of pyridine rings is 1. The highest BCUT2D eigenvalue weighted by atomic mass is 35.5. The molecule has 1 aromatic heterocycles. The van der Waals surface area contributed by atoms with Crippen molar-refractivity contribution in [2.75, 3.05) is 32.7 Å². The summed E-state index contributed by atoms with van der Waals surface area (Å²) in [5.41, 5.74) is 0. The Morgan fingerprint density at radius 1 is 1.11 bits per heavy atom. The van der Waals surface area contributed by atoms with Crippen molar-refractivity contribution in [2.45, 2.75) is 30.2 Å². The van der Waals surface area contributed by atoms with Crippen LogP contribution in [0.1, 0.15) is 19.3 Å². The molecule has 2 aliphatic rings. The molecular formula is C19H25ClN4O3S. The zero-order valence-corrected chi connectivity index (χ0v) is 17.2. The van der Waals surface area contributed by atoms with Gasteiger partial charge in [0.15, 0.2) is 0 Å². The van der Waals surface area contributed by atoms with Gasteiger partial charge in [-0.25, -0.2) is 8.42 Å². The van der Waals surface area contributed by atoms with Crippen molar-refractivity contribution in [1.82, 2.24) is 19.5 Å². The number of sulfonamides is 1. The molecule has 0 saturated carbocycles. The predicted molar refractivity (Wildman–Crippen MR) is 110 cm³/mol. The first-order chi connectivity index (χ1) is 13.1. The Kier molecular flexibility index (Phi) is 6.54. The second kappa shape index (κ2) is 8.73. The van der Waals surface area contributed by atoms with Crippen LogP contribution in [0.5, 0.6) is 0 Å². The number of nitrogens with zero attached hydrogens (tertiary/aromatic N) is 3. The molecule has 0 spiro atoms. The molecule has 1 atom stereocenters. The van der Waals surface area contributed by atoms with Gasteiger partial charge in [0.05, 0.1) is 10.9 Å². The molecule has 1 amide bonds. The molecule has 1 unspecified atom stereocenters. The molecule has 2 saturated heterocycles. The molecule has 2 aliphatic heterocycles. The maximum absolute atomic E-state index is 13.3. The van der Waals surface area contributed by atoms with Crippen LogP contribution >= 0.6 is 12.4 Å². The van der Waals surface area contributed by atoms with Crippen LogP contribution in [0.25, 0.3) is 10.8 Å². The third-order valence-electron chi connectivity index (χ3n) is 5.38. The van der Waals surface area contributed by atoms with Gasteiger partial charge in [-0.1, -0.05) is 12.1 Å². The van der Waals surface area contributed by atoms with Gasteiger partial charge in [0.1, 0.15) is 0 Å². The molecule has 2 fully saturated rings. The number of nitrogens with one attached hydrogen (secondary N) is 1. The summed E-state index contributed by atoms with van der Waals surface area (Å²) in [5, 5.41) is 4.72. The second-order valence-corrected chi connectivity index (χ2v) is 8.99. The van der Waals surface area contributed by atoms with Crippen molar-refractivity contribution >= 4 is 39.1 Å². The van der Waals surface area contributed by atoms with Gasteiger partial charge in [-0.3, -0.25) is 9.78 Å². The highest BCUT2D eigenvalue weighted by Gasteiger charge is 2.32. The van der Waals surface area contributed by atoms with E-state index >= 15 is 0 Å². The fourth-order valence-electron chi connectivity index (χ4n) is 3.93. The van der Waals surface area contributed by atoms with Crippen LogP contribution in [0.4, 0.5) is 0 Å². The van der Waals surface area contributed by atoms with E-state index in [0.717, 1.165) is 24.8 Å². The van der Waals surface area contributed by atoms with Crippen molar-refractivity contribution in [3.05, 3.63) is 36.7 Å². The van der Waals surface area contributed by atoms with Gasteiger partial charge in [0.2, 0.25) is 15.9 Å². The second-order valence-electron chi connectivity index (χ2n) is 7.08. The van der Waals surface area contributed by atoms with Crippen molar-refractivity contribution in [3.63, 3.8) is 0 Å². The summed E-state index contributed by atoms with van der Waals surface area (Å²) in [5.74, 6) is 0.1000. The van der Waals surface area contributed by atoms with Gasteiger partial charge in [0, 0.05) is 49.3 Å². The average molecular weight is 425 g/mol. The number of benzene rings is 1. The van der Waals surface area contributed by atoms with Crippen LogP contribution < -0.4 is 5.32 Å². The highest BCUT2D eigenvalue weighted by molar-refractivity contribution is 7.89. The van der Waals surface area contributed by atoms with Crippen LogP contribution in [-0.2, 0) is 14.8 Å². The first-order valence-electron chi connectivity index (χ1n) is 9.42. The fourth-order valence-corrected chi connectivity index (χ4v) is 5.61. The summed E-state index contributed by atoms with van der Waals surface area (Å²) in [6, 6.07) is 6.88. The molecule has 1 N–H and O–H groups in total. The topological polar surface area (TPSA) is 82.6 Å². The lowest BCUT2D eigenvalue weighted by molar-refractivity contribution is -0.132. The quantitative estimate of drug-likeness (QED) is 0.809. The molecule has 4 rings (SSSR count). The SMILES string of the molecule is Cl.O=C(C1CCCN1)N1CCCN(S(=O)(=O)c2cccc3cnccc23)CC1. The molecule has 0 aliphatic carbocycles. The number of carbonyl (C=O) groups excluding carboxylic acids is 1. The number of fused-ring (bicyclic) bond motifs is 1. The Bertz CT molecular complexity index is 942. The van der Waals surface area contributed by atoms with Gasteiger partial charge < -0.3 is 10.2 Å². The van der Waals surface area contributed by atoms with E-state index in [4.69, 9.17) is 0 Å². The molecule has 7 nitrogen and oxygen atoms in total. The normalized spacial score (nSPS) is 21.3. The van der Waals surface area contributed by atoms with Crippen molar-refractivity contribution in [1.29, 1.82) is 0 Å². The zero-order valence-electron chi connectivity index (χ0n) is 15.6. The summed E-state index contributed by atoms with van der Waals surface area (Å²) >= 11 is 0. The molecule has 0 bridgehead atoms. The third kappa shape index (κ3) is 4.00. The lowest BCUT2D eigenvalue weighted by Crippen LogP contribution is -2.45. The molecule has 28 heavy (non-hydrogen) atoms. The Morgan fingerprint density at radius 2 is 1.96 bits per heavy atom. The zero-order chi connectivity index (χ0) is 18.9. The average Bonchev–Trinajstić information content (AvgIpc) is 3.11. The van der Waals surface area contributed by atoms with Crippen LogP contribution in [0.15, 0.2) is 41.6 Å². The summed E-state index contributed by atoms with van der Waals surface area (Å²) in [4.78, 5) is 18.8. The van der Waals surface area contributed by atoms with Gasteiger partial charge >= 0.3 is 0 Å². The predicted octanol–water partition coefficient (Wildman–Crippen LogP) is 1.63. The Hall–Kier alpha value is -1.74. The van der Waals surface area contributed by atoms with Gasteiger partial charge in [-0.05, 0) is 37.9 Å². The lowest BCUT2D eigenvalue weighted by Gasteiger charge is -2.24. The number of halogens is 1. The lowest BCUT2D eigenvalue weighted by atomic mass is 10.2. The number of aromatic nitrogens is 1. The maximum Gasteiger partial charge on any atom is 0.243 e. The highest BCUT2D eigenvalue weighted by Crippen LogP contribution is 2.26. The Labute approximate surface area is 171 Å². The van der Waals surface area contributed by atoms with E-state index in [1.165, 1.54) is 4.31 Å². The van der Waals surface area contributed by atoms with E-state index in [2.05, 4.69) is 10.3 Å². The number of hydrogen-bond donors (Lipinski definition) is 1. The molecule has 0 radical (unpaired) electrons. The van der Waals surface area contributed by atoms with Crippen LogP contribution in [0.2, 0.25) is 0 Å².